The van der Waals surface area contributed by atoms with E-state index in [9.17, 15) is 9.59 Å². The van der Waals surface area contributed by atoms with Gasteiger partial charge in [0.25, 0.3) is 0 Å². The number of aromatic amines is 1. The van der Waals surface area contributed by atoms with Crippen molar-refractivity contribution >= 4 is 17.6 Å². The summed E-state index contributed by atoms with van der Waals surface area (Å²) < 4.78 is 0. The van der Waals surface area contributed by atoms with Crippen LogP contribution in [0.1, 0.15) is 11.3 Å². The third-order valence-electron chi connectivity index (χ3n) is 2.96. The molecule has 21 heavy (non-hydrogen) atoms. The van der Waals surface area contributed by atoms with E-state index in [1.807, 2.05) is 0 Å². The number of carbonyl (C=O) groups is 2. The van der Waals surface area contributed by atoms with Gasteiger partial charge in [-0.15, -0.1) is 0 Å². The lowest BCUT2D eigenvalue weighted by Crippen LogP contribution is -2.43. The molecular formula is C14H16N4O3. The van der Waals surface area contributed by atoms with Gasteiger partial charge in [0, 0.05) is 24.0 Å². The van der Waals surface area contributed by atoms with Crippen LogP contribution in [0.3, 0.4) is 0 Å². The number of hydrogen-bond acceptors (Lipinski definition) is 4. The minimum Gasteiger partial charge on any atom is -0.480 e. The Kier molecular flexibility index (Phi) is 4.55. The van der Waals surface area contributed by atoms with Gasteiger partial charge in [-0.05, 0) is 17.7 Å². The van der Waals surface area contributed by atoms with E-state index < -0.39 is 12.0 Å². The zero-order chi connectivity index (χ0) is 15.2. The molecule has 5 N–H and O–H groups in total. The number of nitrogens with two attached hydrogens (primary N) is 1. The number of nitrogen functional groups attached to an aromatic ring is 1. The predicted molar refractivity (Wildman–Crippen MR) is 76.4 cm³/mol. The van der Waals surface area contributed by atoms with Crippen LogP contribution < -0.4 is 11.1 Å². The molecule has 0 aliphatic heterocycles. The van der Waals surface area contributed by atoms with Crippen molar-refractivity contribution < 1.29 is 14.7 Å². The summed E-state index contributed by atoms with van der Waals surface area (Å²) in [5.74, 6) is -1.44. The fourth-order valence-corrected chi connectivity index (χ4v) is 1.88. The van der Waals surface area contributed by atoms with Gasteiger partial charge in [0.05, 0.1) is 12.7 Å². The fourth-order valence-electron chi connectivity index (χ4n) is 1.88. The van der Waals surface area contributed by atoms with Crippen LogP contribution in [0.15, 0.2) is 36.8 Å². The van der Waals surface area contributed by atoms with E-state index in [0.29, 0.717) is 11.4 Å². The highest BCUT2D eigenvalue weighted by Crippen LogP contribution is 2.06. The first-order chi connectivity index (χ1) is 10.0. The van der Waals surface area contributed by atoms with Gasteiger partial charge in [0.15, 0.2) is 0 Å². The SMILES string of the molecule is Nc1ccc(CC(=O)N[C@H](Cc2cnc[nH]2)C(=O)O)cc1. The standard InChI is InChI=1S/C14H16N4O3/c15-10-3-1-9(2-4-10)5-13(19)18-12(14(20)21)6-11-7-16-8-17-11/h1-4,7-8,12H,5-6,15H2,(H,16,17)(H,18,19)(H,20,21)/t12-/m1/s1. The summed E-state index contributed by atoms with van der Waals surface area (Å²) in [6.45, 7) is 0. The first-order valence-corrected chi connectivity index (χ1v) is 6.38. The Morgan fingerprint density at radius 1 is 1.33 bits per heavy atom. The summed E-state index contributed by atoms with van der Waals surface area (Å²) in [5.41, 5.74) is 7.60. The summed E-state index contributed by atoms with van der Waals surface area (Å²) in [5, 5.41) is 11.7. The maximum absolute atomic E-state index is 11.9. The molecule has 0 spiro atoms. The van der Waals surface area contributed by atoms with Crippen LogP contribution >= 0.6 is 0 Å². The van der Waals surface area contributed by atoms with Crippen molar-refractivity contribution in [3.05, 3.63) is 48.0 Å². The maximum Gasteiger partial charge on any atom is 0.326 e. The minimum absolute atomic E-state index is 0.104. The molecule has 2 rings (SSSR count). The smallest absolute Gasteiger partial charge is 0.326 e. The number of aliphatic carboxylic acids is 1. The van der Waals surface area contributed by atoms with Gasteiger partial charge in [-0.2, -0.15) is 0 Å². The molecular weight excluding hydrogens is 272 g/mol. The Balaban J connectivity index is 1.95. The van der Waals surface area contributed by atoms with Crippen LogP contribution in [-0.2, 0) is 22.4 Å². The van der Waals surface area contributed by atoms with Gasteiger partial charge in [0.1, 0.15) is 6.04 Å². The van der Waals surface area contributed by atoms with Crippen molar-refractivity contribution in [1.29, 1.82) is 0 Å². The highest BCUT2D eigenvalue weighted by Gasteiger charge is 2.21. The van der Waals surface area contributed by atoms with E-state index in [4.69, 9.17) is 10.8 Å². The number of amides is 1. The maximum atomic E-state index is 11.9. The first kappa shape index (κ1) is 14.6. The molecule has 1 amide bonds. The topological polar surface area (TPSA) is 121 Å². The molecule has 0 unspecified atom stereocenters. The quantitative estimate of drug-likeness (QED) is 0.571. The summed E-state index contributed by atoms with van der Waals surface area (Å²) in [7, 11) is 0. The molecule has 1 aromatic carbocycles. The molecule has 0 aliphatic rings. The van der Waals surface area contributed by atoms with Crippen LogP contribution in [0.2, 0.25) is 0 Å². The van der Waals surface area contributed by atoms with E-state index in [0.717, 1.165) is 5.56 Å². The number of rotatable bonds is 6. The minimum atomic E-state index is -1.09. The van der Waals surface area contributed by atoms with E-state index in [1.165, 1.54) is 12.5 Å². The molecule has 0 saturated heterocycles. The molecule has 0 bridgehead atoms. The van der Waals surface area contributed by atoms with Crippen molar-refractivity contribution in [2.75, 3.05) is 5.73 Å². The van der Waals surface area contributed by atoms with Gasteiger partial charge in [-0.1, -0.05) is 12.1 Å². The second-order valence-electron chi connectivity index (χ2n) is 4.66. The predicted octanol–water partition coefficient (Wildman–Crippen LogP) is 0.346. The number of carboxylic acids is 1. The lowest BCUT2D eigenvalue weighted by atomic mass is 10.1. The zero-order valence-corrected chi connectivity index (χ0v) is 11.2. The highest BCUT2D eigenvalue weighted by atomic mass is 16.4. The van der Waals surface area contributed by atoms with Crippen molar-refractivity contribution in [3.63, 3.8) is 0 Å². The number of nitrogens with one attached hydrogen (secondary N) is 2. The second-order valence-corrected chi connectivity index (χ2v) is 4.66. The summed E-state index contributed by atoms with van der Waals surface area (Å²) in [6.07, 6.45) is 3.25. The van der Waals surface area contributed by atoms with Crippen LogP contribution in [-0.4, -0.2) is 33.0 Å². The van der Waals surface area contributed by atoms with Crippen molar-refractivity contribution in [2.24, 2.45) is 0 Å². The number of carboxylic acid groups (broad SMARTS) is 1. The van der Waals surface area contributed by atoms with Gasteiger partial charge in [-0.3, -0.25) is 4.79 Å². The summed E-state index contributed by atoms with van der Waals surface area (Å²) in [4.78, 5) is 29.7. The van der Waals surface area contributed by atoms with E-state index in [1.54, 1.807) is 24.3 Å². The summed E-state index contributed by atoms with van der Waals surface area (Å²) in [6, 6.07) is 5.87. The molecule has 0 saturated carbocycles. The number of hydrogen-bond donors (Lipinski definition) is 4. The highest BCUT2D eigenvalue weighted by molar-refractivity contribution is 5.85. The second kappa shape index (κ2) is 6.56. The zero-order valence-electron chi connectivity index (χ0n) is 11.2. The average Bonchev–Trinajstić information content (AvgIpc) is 2.93. The van der Waals surface area contributed by atoms with Crippen LogP contribution in [0.5, 0.6) is 0 Å². The molecule has 1 heterocycles. The number of carbonyl (C=O) groups excluding carboxylic acids is 1. The Hall–Kier alpha value is -2.83. The molecule has 110 valence electrons. The van der Waals surface area contributed by atoms with Crippen molar-refractivity contribution in [2.45, 2.75) is 18.9 Å². The average molecular weight is 288 g/mol. The Bertz CT molecular complexity index is 608. The van der Waals surface area contributed by atoms with Gasteiger partial charge in [-0.25, -0.2) is 9.78 Å². The molecule has 7 heteroatoms. The largest absolute Gasteiger partial charge is 0.480 e. The molecule has 1 atom stereocenters. The van der Waals surface area contributed by atoms with Gasteiger partial charge < -0.3 is 21.1 Å². The van der Waals surface area contributed by atoms with Crippen LogP contribution in [0, 0.1) is 0 Å². The van der Waals surface area contributed by atoms with Crippen molar-refractivity contribution in [3.8, 4) is 0 Å². The fraction of sp³-hybridized carbons (Fsp3) is 0.214. The van der Waals surface area contributed by atoms with Crippen LogP contribution in [0.4, 0.5) is 5.69 Å². The van der Waals surface area contributed by atoms with E-state index in [2.05, 4.69) is 15.3 Å². The number of H-pyrrole nitrogens is 1. The summed E-state index contributed by atoms with van der Waals surface area (Å²) >= 11 is 0. The Morgan fingerprint density at radius 2 is 2.05 bits per heavy atom. The molecule has 0 fully saturated rings. The van der Waals surface area contributed by atoms with Crippen LogP contribution in [0.25, 0.3) is 0 Å². The normalized spacial score (nSPS) is 11.8. The molecule has 0 radical (unpaired) electrons. The lowest BCUT2D eigenvalue weighted by molar-refractivity contribution is -0.141. The van der Waals surface area contributed by atoms with E-state index >= 15 is 0 Å². The number of nitrogens with zero attached hydrogens (tertiary/aromatic N) is 1. The Labute approximate surface area is 121 Å². The van der Waals surface area contributed by atoms with Crippen molar-refractivity contribution in [1.82, 2.24) is 15.3 Å². The lowest BCUT2D eigenvalue weighted by Gasteiger charge is -2.13. The third kappa shape index (κ3) is 4.34. The van der Waals surface area contributed by atoms with E-state index in [-0.39, 0.29) is 18.7 Å². The number of aromatic nitrogens is 2. The third-order valence-corrected chi connectivity index (χ3v) is 2.96. The van der Waals surface area contributed by atoms with Gasteiger partial charge in [0.2, 0.25) is 5.91 Å². The van der Waals surface area contributed by atoms with Gasteiger partial charge >= 0.3 is 5.97 Å². The first-order valence-electron chi connectivity index (χ1n) is 6.38. The number of anilines is 1. The monoisotopic (exact) mass is 288 g/mol. The molecule has 2 aromatic rings. The Morgan fingerprint density at radius 3 is 2.62 bits per heavy atom. The molecule has 1 aromatic heterocycles. The number of benzene rings is 1. The number of imidazole rings is 1. The molecule has 7 nitrogen and oxygen atoms in total. The molecule has 0 aliphatic carbocycles.